The molecule has 0 spiro atoms. The molecule has 0 heterocycles. The molecule has 0 fully saturated rings. The molecule has 0 aromatic heterocycles. The van der Waals surface area contributed by atoms with Gasteiger partial charge in [-0.3, -0.25) is 0 Å². The van der Waals surface area contributed by atoms with Crippen molar-refractivity contribution in [1.82, 2.24) is 0 Å². The molecule has 2 aromatic carbocycles. The summed E-state index contributed by atoms with van der Waals surface area (Å²) in [6.07, 6.45) is 0. The normalized spacial score (nSPS) is 10.4. The Morgan fingerprint density at radius 2 is 1.83 bits per heavy atom. The molecule has 2 aromatic rings. The molecule has 0 amide bonds. The number of ether oxygens (including phenoxy) is 1. The van der Waals surface area contributed by atoms with Gasteiger partial charge in [-0.15, -0.1) is 0 Å². The van der Waals surface area contributed by atoms with E-state index >= 15 is 0 Å². The zero-order valence-electron chi connectivity index (χ0n) is 9.29. The van der Waals surface area contributed by atoms with Gasteiger partial charge < -0.3 is 10.5 Å². The summed E-state index contributed by atoms with van der Waals surface area (Å²) in [5.74, 6) is 0.895. The number of halogens is 3. The lowest BCUT2D eigenvalue weighted by molar-refractivity contribution is 0.479. The molecule has 5 heteroatoms. The lowest BCUT2D eigenvalue weighted by atomic mass is 10.2. The van der Waals surface area contributed by atoms with Gasteiger partial charge in [0.2, 0.25) is 0 Å². The average molecular weight is 375 g/mol. The van der Waals surface area contributed by atoms with Crippen molar-refractivity contribution in [2.24, 2.45) is 5.73 Å². The van der Waals surface area contributed by atoms with Crippen molar-refractivity contribution in [2.45, 2.75) is 6.54 Å². The second-order valence-corrected chi connectivity index (χ2v) is 5.45. The second-order valence-electron chi connectivity index (χ2n) is 3.68. The molecule has 0 atom stereocenters. The fourth-order valence-corrected chi connectivity index (χ4v) is 2.35. The molecule has 0 aliphatic carbocycles. The van der Waals surface area contributed by atoms with E-state index in [0.29, 0.717) is 22.5 Å². The molecule has 0 saturated heterocycles. The Labute approximate surface area is 121 Å². The minimum Gasteiger partial charge on any atom is -0.457 e. The fraction of sp³-hybridized carbons (Fsp3) is 0.0769. The molecule has 0 saturated carbocycles. The van der Waals surface area contributed by atoms with E-state index in [2.05, 4.69) is 31.9 Å². The highest BCUT2D eigenvalue weighted by Crippen LogP contribution is 2.29. The Balaban J connectivity index is 2.27. The van der Waals surface area contributed by atoms with Crippen LogP contribution >= 0.6 is 31.9 Å². The van der Waals surface area contributed by atoms with E-state index in [0.717, 1.165) is 10.0 Å². The Morgan fingerprint density at radius 1 is 1.06 bits per heavy atom. The summed E-state index contributed by atoms with van der Waals surface area (Å²) in [5.41, 5.74) is 6.55. The summed E-state index contributed by atoms with van der Waals surface area (Å²) in [6, 6.07) is 10.1. The summed E-state index contributed by atoms with van der Waals surface area (Å²) in [4.78, 5) is 0. The molecule has 2 rings (SSSR count). The first kappa shape index (κ1) is 13.5. The second kappa shape index (κ2) is 5.82. The van der Waals surface area contributed by atoms with Gasteiger partial charge in [0.15, 0.2) is 0 Å². The number of benzene rings is 2. The smallest absolute Gasteiger partial charge is 0.137 e. The van der Waals surface area contributed by atoms with E-state index in [9.17, 15) is 4.39 Å². The predicted molar refractivity (Wildman–Crippen MR) is 76.2 cm³/mol. The number of nitrogens with two attached hydrogens (primary N) is 1. The van der Waals surface area contributed by atoms with Crippen molar-refractivity contribution in [3.8, 4) is 11.5 Å². The highest BCUT2D eigenvalue weighted by molar-refractivity contribution is 9.10. The van der Waals surface area contributed by atoms with E-state index in [1.807, 2.05) is 18.2 Å². The topological polar surface area (TPSA) is 35.2 Å². The van der Waals surface area contributed by atoms with E-state index in [4.69, 9.17) is 10.5 Å². The van der Waals surface area contributed by atoms with E-state index in [-0.39, 0.29) is 5.82 Å². The third kappa shape index (κ3) is 3.31. The molecule has 94 valence electrons. The first-order valence-electron chi connectivity index (χ1n) is 5.21. The fourth-order valence-electron chi connectivity index (χ4n) is 1.47. The molecule has 0 bridgehead atoms. The minimum atomic E-state index is -0.320. The van der Waals surface area contributed by atoms with Crippen molar-refractivity contribution < 1.29 is 9.13 Å². The minimum absolute atomic E-state index is 0.320. The Morgan fingerprint density at radius 3 is 2.50 bits per heavy atom. The molecule has 0 aliphatic heterocycles. The molecular weight excluding hydrogens is 365 g/mol. The Hall–Kier alpha value is -0.910. The SMILES string of the molecule is NCc1cc(Br)cc(Oc2ccc(F)c(Br)c2)c1. The third-order valence-corrected chi connectivity index (χ3v) is 3.36. The maximum Gasteiger partial charge on any atom is 0.137 e. The molecule has 0 radical (unpaired) electrons. The first-order chi connectivity index (χ1) is 8.58. The van der Waals surface area contributed by atoms with Gasteiger partial charge >= 0.3 is 0 Å². The molecular formula is C13H10Br2FNO. The zero-order valence-corrected chi connectivity index (χ0v) is 12.5. The van der Waals surface area contributed by atoms with Crippen LogP contribution in [0, 0.1) is 5.82 Å². The van der Waals surface area contributed by atoms with Gasteiger partial charge in [0.25, 0.3) is 0 Å². The van der Waals surface area contributed by atoms with Crippen LogP contribution < -0.4 is 10.5 Å². The van der Waals surface area contributed by atoms with Crippen LogP contribution in [0.15, 0.2) is 45.3 Å². The summed E-state index contributed by atoms with van der Waals surface area (Å²) in [7, 11) is 0. The lowest BCUT2D eigenvalue weighted by Crippen LogP contribution is -1.96. The maximum atomic E-state index is 13.1. The van der Waals surface area contributed by atoms with Crippen LogP contribution in [0.25, 0.3) is 0 Å². The Bertz CT molecular complexity index is 575. The van der Waals surface area contributed by atoms with Crippen molar-refractivity contribution in [2.75, 3.05) is 0 Å². The van der Waals surface area contributed by atoms with Crippen LogP contribution in [0.3, 0.4) is 0 Å². The van der Waals surface area contributed by atoms with Gasteiger partial charge in [-0.1, -0.05) is 15.9 Å². The van der Waals surface area contributed by atoms with Gasteiger partial charge in [-0.25, -0.2) is 4.39 Å². The van der Waals surface area contributed by atoms with Crippen LogP contribution in [-0.2, 0) is 6.54 Å². The predicted octanol–water partition coefficient (Wildman–Crippen LogP) is 4.60. The van der Waals surface area contributed by atoms with Crippen LogP contribution in [-0.4, -0.2) is 0 Å². The summed E-state index contributed by atoms with van der Waals surface area (Å²) in [6.45, 7) is 0.433. The number of hydrogen-bond acceptors (Lipinski definition) is 2. The maximum absolute atomic E-state index is 13.1. The van der Waals surface area contributed by atoms with Crippen molar-refractivity contribution in [1.29, 1.82) is 0 Å². The molecule has 2 nitrogen and oxygen atoms in total. The summed E-state index contributed by atoms with van der Waals surface area (Å²) in [5, 5.41) is 0. The van der Waals surface area contributed by atoms with Gasteiger partial charge in [0.05, 0.1) is 4.47 Å². The molecule has 18 heavy (non-hydrogen) atoms. The van der Waals surface area contributed by atoms with Crippen molar-refractivity contribution in [3.05, 3.63) is 56.7 Å². The van der Waals surface area contributed by atoms with E-state index < -0.39 is 0 Å². The molecule has 0 aliphatic rings. The standard InChI is InChI=1S/C13H10Br2FNO/c14-9-3-8(7-17)4-11(5-9)18-10-1-2-13(16)12(15)6-10/h1-6H,7,17H2. The molecule has 0 unspecified atom stereocenters. The first-order valence-corrected chi connectivity index (χ1v) is 6.79. The van der Waals surface area contributed by atoms with Gasteiger partial charge in [-0.2, -0.15) is 0 Å². The van der Waals surface area contributed by atoms with Crippen molar-refractivity contribution in [3.63, 3.8) is 0 Å². The Kier molecular flexibility index (Phi) is 4.37. The van der Waals surface area contributed by atoms with Gasteiger partial charge in [0, 0.05) is 11.0 Å². The summed E-state index contributed by atoms with van der Waals surface area (Å²) < 4.78 is 20.0. The van der Waals surface area contributed by atoms with E-state index in [1.165, 1.54) is 6.07 Å². The molecule has 2 N–H and O–H groups in total. The highest BCUT2D eigenvalue weighted by atomic mass is 79.9. The zero-order chi connectivity index (χ0) is 13.1. The van der Waals surface area contributed by atoms with Crippen LogP contribution in [0.4, 0.5) is 4.39 Å². The average Bonchev–Trinajstić information content (AvgIpc) is 2.33. The van der Waals surface area contributed by atoms with Crippen LogP contribution in [0.1, 0.15) is 5.56 Å². The van der Waals surface area contributed by atoms with E-state index in [1.54, 1.807) is 12.1 Å². The lowest BCUT2D eigenvalue weighted by Gasteiger charge is -2.08. The third-order valence-electron chi connectivity index (χ3n) is 2.29. The van der Waals surface area contributed by atoms with Crippen molar-refractivity contribution >= 4 is 31.9 Å². The largest absolute Gasteiger partial charge is 0.457 e. The summed E-state index contributed by atoms with van der Waals surface area (Å²) >= 11 is 6.51. The van der Waals surface area contributed by atoms with Gasteiger partial charge in [-0.05, 0) is 57.9 Å². The van der Waals surface area contributed by atoms with Gasteiger partial charge in [0.1, 0.15) is 17.3 Å². The number of hydrogen-bond donors (Lipinski definition) is 1. The monoisotopic (exact) mass is 373 g/mol. The van der Waals surface area contributed by atoms with Crippen LogP contribution in [0.5, 0.6) is 11.5 Å². The quantitative estimate of drug-likeness (QED) is 0.851. The highest BCUT2D eigenvalue weighted by Gasteiger charge is 2.04. The van der Waals surface area contributed by atoms with Crippen LogP contribution in [0.2, 0.25) is 0 Å². The number of rotatable bonds is 3.